The van der Waals surface area contributed by atoms with Gasteiger partial charge in [0.2, 0.25) is 0 Å². The fraction of sp³-hybridized carbons (Fsp3) is 0.889. The van der Waals surface area contributed by atoms with Crippen LogP contribution in [0.3, 0.4) is 0 Å². The average Bonchev–Trinajstić information content (AvgIpc) is 1.96. The molecule has 0 atom stereocenters. The Morgan fingerprint density at radius 1 is 1.43 bits per heavy atom. The number of amides is 1. The molecule has 0 aromatic carbocycles. The molecule has 1 amide bonds. The van der Waals surface area contributed by atoms with Crippen LogP contribution in [0.5, 0.6) is 0 Å². The monoisotopic (exact) mass is 204 g/mol. The molecule has 5 heteroatoms. The highest BCUT2D eigenvalue weighted by Crippen LogP contribution is 2.21. The van der Waals surface area contributed by atoms with Crippen molar-refractivity contribution in [1.29, 1.82) is 0 Å². The largest absolute Gasteiger partial charge is 0.628 e. The molecule has 0 rings (SSSR count). The second-order valence-electron chi connectivity index (χ2n) is 4.55. The number of ether oxygens (including phenoxy) is 1. The third-order valence-corrected chi connectivity index (χ3v) is 1.64. The van der Waals surface area contributed by atoms with Gasteiger partial charge in [0, 0.05) is 0 Å². The van der Waals surface area contributed by atoms with Crippen LogP contribution in [0.2, 0.25) is 0 Å². The maximum Gasteiger partial charge on any atom is 0.310 e. The Labute approximate surface area is 84.6 Å². The van der Waals surface area contributed by atoms with Crippen LogP contribution in [0.25, 0.3) is 0 Å². The first-order chi connectivity index (χ1) is 6.16. The number of hydrogen-bond donors (Lipinski definition) is 2. The minimum absolute atomic E-state index is 0.201. The van der Waals surface area contributed by atoms with Gasteiger partial charge in [0.25, 0.3) is 0 Å². The fourth-order valence-electron chi connectivity index (χ4n) is 1.25. The summed E-state index contributed by atoms with van der Waals surface area (Å²) in [6.07, 6.45) is 0.692. The third-order valence-electron chi connectivity index (χ3n) is 1.64. The van der Waals surface area contributed by atoms with E-state index in [-0.39, 0.29) is 6.42 Å². The molecule has 0 aliphatic heterocycles. The molecule has 0 saturated carbocycles. The van der Waals surface area contributed by atoms with Gasteiger partial charge in [0.1, 0.15) is 5.72 Å². The number of quaternary nitrogens is 1. The van der Waals surface area contributed by atoms with Crippen LogP contribution in [0, 0.1) is 5.21 Å². The summed E-state index contributed by atoms with van der Waals surface area (Å²) in [4.78, 5) is 10.8. The number of hydroxylamine groups is 1. The van der Waals surface area contributed by atoms with Gasteiger partial charge in [0.15, 0.2) is 0 Å². The summed E-state index contributed by atoms with van der Waals surface area (Å²) in [6.45, 7) is 7.19. The molecule has 0 aliphatic rings. The Bertz CT molecular complexity index is 197. The van der Waals surface area contributed by atoms with E-state index in [4.69, 9.17) is 10.5 Å². The first kappa shape index (κ1) is 13.5. The van der Waals surface area contributed by atoms with Crippen LogP contribution in [0.15, 0.2) is 0 Å². The molecule has 0 aromatic heterocycles. The molecule has 14 heavy (non-hydrogen) atoms. The molecule has 0 heterocycles. The van der Waals surface area contributed by atoms with E-state index in [9.17, 15) is 10.0 Å². The van der Waals surface area contributed by atoms with Gasteiger partial charge in [-0.15, -0.1) is 0 Å². The van der Waals surface area contributed by atoms with Crippen molar-refractivity contribution in [1.82, 2.24) is 0 Å². The number of carbonyl (C=O) groups is 1. The lowest BCUT2D eigenvalue weighted by Crippen LogP contribution is -2.81. The van der Waals surface area contributed by atoms with Gasteiger partial charge in [-0.2, -0.15) is 0 Å². The minimum atomic E-state index is -0.728. The predicted octanol–water partition coefficient (Wildman–Crippen LogP) is -0.156. The molecule has 0 spiro atoms. The summed E-state index contributed by atoms with van der Waals surface area (Å²) in [5.41, 5.74) is 4.80. The predicted molar refractivity (Wildman–Crippen MR) is 53.0 cm³/mol. The Morgan fingerprint density at radius 2 is 1.93 bits per heavy atom. The molecule has 0 radical (unpaired) electrons. The normalized spacial score (nSPS) is 13.0. The standard InChI is InChI=1S/C9H20N2O3/c1-8(2,14-9(3,4)10)6-5-7(12)11-13/h5-6,10-11H2,1-4H3. The summed E-state index contributed by atoms with van der Waals surface area (Å²) in [7, 11) is 0. The highest BCUT2D eigenvalue weighted by atomic mass is 16.5. The van der Waals surface area contributed by atoms with Gasteiger partial charge in [-0.05, 0) is 34.1 Å². The SMILES string of the molecule is CC(C)(N)OC(C)(C)CCC(=O)[NH2+][O-]. The van der Waals surface area contributed by atoms with E-state index in [2.05, 4.69) is 0 Å². The van der Waals surface area contributed by atoms with Gasteiger partial charge in [0.05, 0.1) is 12.0 Å². The second kappa shape index (κ2) is 4.84. The topological polar surface area (TPSA) is 92.0 Å². The average molecular weight is 204 g/mol. The smallest absolute Gasteiger partial charge is 0.310 e. The number of nitrogens with two attached hydrogens (primary N) is 2. The van der Waals surface area contributed by atoms with Crippen molar-refractivity contribution in [2.45, 2.75) is 51.9 Å². The zero-order valence-corrected chi connectivity index (χ0v) is 9.29. The van der Waals surface area contributed by atoms with E-state index in [1.807, 2.05) is 13.8 Å². The lowest BCUT2D eigenvalue weighted by Gasteiger charge is -2.33. The number of primary amides is 1. The van der Waals surface area contributed by atoms with Crippen molar-refractivity contribution in [3.05, 3.63) is 5.21 Å². The first-order valence-corrected chi connectivity index (χ1v) is 4.63. The number of carbonyl (C=O) groups excluding carboxylic acids is 1. The van der Waals surface area contributed by atoms with E-state index in [0.717, 1.165) is 0 Å². The summed E-state index contributed by atoms with van der Waals surface area (Å²) < 4.78 is 5.53. The molecule has 0 bridgehead atoms. The van der Waals surface area contributed by atoms with E-state index in [1.54, 1.807) is 13.8 Å². The minimum Gasteiger partial charge on any atom is -0.628 e. The van der Waals surface area contributed by atoms with Gasteiger partial charge < -0.3 is 21.2 Å². The van der Waals surface area contributed by atoms with Crippen molar-refractivity contribution in [2.24, 2.45) is 5.73 Å². The maximum absolute atomic E-state index is 10.8. The maximum atomic E-state index is 10.8. The summed E-state index contributed by atoms with van der Waals surface area (Å²) in [5.74, 6) is -0.406. The zero-order chi connectivity index (χ0) is 11.4. The Hall–Kier alpha value is -0.490. The fourth-order valence-corrected chi connectivity index (χ4v) is 1.25. The zero-order valence-electron chi connectivity index (χ0n) is 9.29. The molecular formula is C9H20N2O3. The molecule has 5 nitrogen and oxygen atoms in total. The Morgan fingerprint density at radius 3 is 2.29 bits per heavy atom. The van der Waals surface area contributed by atoms with Gasteiger partial charge >= 0.3 is 5.91 Å². The Balaban J connectivity index is 4.01. The van der Waals surface area contributed by atoms with Crippen LogP contribution in [-0.4, -0.2) is 17.2 Å². The van der Waals surface area contributed by atoms with E-state index < -0.39 is 17.2 Å². The molecular weight excluding hydrogens is 184 g/mol. The summed E-state index contributed by atoms with van der Waals surface area (Å²) in [5, 5.41) is 10.1. The van der Waals surface area contributed by atoms with Crippen LogP contribution >= 0.6 is 0 Å². The summed E-state index contributed by atoms with van der Waals surface area (Å²) in [6, 6.07) is 0. The van der Waals surface area contributed by atoms with Gasteiger partial charge in [-0.1, -0.05) is 0 Å². The van der Waals surface area contributed by atoms with Gasteiger partial charge in [-0.25, -0.2) is 4.79 Å². The quantitative estimate of drug-likeness (QED) is 0.481. The first-order valence-electron chi connectivity index (χ1n) is 4.63. The van der Waals surface area contributed by atoms with Crippen molar-refractivity contribution in [3.63, 3.8) is 0 Å². The van der Waals surface area contributed by atoms with E-state index in [0.29, 0.717) is 11.9 Å². The van der Waals surface area contributed by atoms with E-state index >= 15 is 0 Å². The highest BCUT2D eigenvalue weighted by molar-refractivity contribution is 5.65. The molecule has 0 aliphatic carbocycles. The molecule has 84 valence electrons. The second-order valence-corrected chi connectivity index (χ2v) is 4.55. The molecule has 0 fully saturated rings. The van der Waals surface area contributed by atoms with Crippen molar-refractivity contribution in [2.75, 3.05) is 0 Å². The molecule has 0 aromatic rings. The highest BCUT2D eigenvalue weighted by Gasteiger charge is 2.26. The van der Waals surface area contributed by atoms with Crippen LogP contribution in [-0.2, 0) is 9.53 Å². The van der Waals surface area contributed by atoms with Crippen molar-refractivity contribution < 1.29 is 15.0 Å². The molecule has 0 saturated heterocycles. The van der Waals surface area contributed by atoms with Crippen LogP contribution in [0.1, 0.15) is 40.5 Å². The molecule has 4 N–H and O–H groups in total. The van der Waals surface area contributed by atoms with Crippen molar-refractivity contribution in [3.8, 4) is 0 Å². The van der Waals surface area contributed by atoms with Crippen LogP contribution in [0.4, 0.5) is 0 Å². The number of hydrogen-bond acceptors (Lipinski definition) is 4. The lowest BCUT2D eigenvalue weighted by atomic mass is 10.0. The number of rotatable bonds is 5. The van der Waals surface area contributed by atoms with Crippen molar-refractivity contribution >= 4 is 5.91 Å². The van der Waals surface area contributed by atoms with Crippen LogP contribution < -0.4 is 11.2 Å². The third kappa shape index (κ3) is 6.97. The van der Waals surface area contributed by atoms with Gasteiger partial charge in [-0.3, -0.25) is 0 Å². The molecule has 0 unspecified atom stereocenters. The van der Waals surface area contributed by atoms with E-state index in [1.165, 1.54) is 0 Å². The Kier molecular flexibility index (Phi) is 4.67. The summed E-state index contributed by atoms with van der Waals surface area (Å²) >= 11 is 0. The lowest BCUT2D eigenvalue weighted by molar-refractivity contribution is -0.500.